The summed E-state index contributed by atoms with van der Waals surface area (Å²) in [5.41, 5.74) is 1.66. The van der Waals surface area contributed by atoms with Gasteiger partial charge in [-0.3, -0.25) is 9.69 Å². The normalized spacial score (nSPS) is 16.1. The van der Waals surface area contributed by atoms with E-state index in [1.807, 2.05) is 48.5 Å². The standard InChI is InChI=1S/C20H15NO3/c22-19-15-10-4-5-11-16(15)20(23)21(19)17-12-6-7-13-18(17)24-14-8-2-1-3-9-14/h1-13,19,22H. The number of nitrogens with zero attached hydrogens (tertiary/aromatic N) is 1. The van der Waals surface area contributed by atoms with E-state index in [2.05, 4.69) is 0 Å². The summed E-state index contributed by atoms with van der Waals surface area (Å²) in [6.07, 6.45) is -1.02. The van der Waals surface area contributed by atoms with E-state index in [1.165, 1.54) is 4.90 Å². The molecule has 24 heavy (non-hydrogen) atoms. The lowest BCUT2D eigenvalue weighted by Crippen LogP contribution is -2.27. The van der Waals surface area contributed by atoms with E-state index in [4.69, 9.17) is 4.74 Å². The van der Waals surface area contributed by atoms with Crippen LogP contribution in [0.15, 0.2) is 78.9 Å². The van der Waals surface area contributed by atoms with Crippen molar-refractivity contribution in [2.75, 3.05) is 4.90 Å². The fourth-order valence-corrected chi connectivity index (χ4v) is 2.90. The minimum absolute atomic E-state index is 0.234. The van der Waals surface area contributed by atoms with E-state index in [0.717, 1.165) is 0 Å². The number of para-hydroxylation sites is 3. The van der Waals surface area contributed by atoms with Gasteiger partial charge in [0.05, 0.1) is 5.69 Å². The van der Waals surface area contributed by atoms with Crippen LogP contribution in [0.3, 0.4) is 0 Å². The molecule has 4 rings (SSSR count). The van der Waals surface area contributed by atoms with Crippen molar-refractivity contribution in [3.05, 3.63) is 90.0 Å². The second-order valence-corrected chi connectivity index (χ2v) is 5.52. The number of hydrogen-bond donors (Lipinski definition) is 1. The number of hydrogen-bond acceptors (Lipinski definition) is 3. The third-order valence-electron chi connectivity index (χ3n) is 4.03. The van der Waals surface area contributed by atoms with E-state index >= 15 is 0 Å². The van der Waals surface area contributed by atoms with E-state index in [-0.39, 0.29) is 5.91 Å². The molecule has 1 aliphatic heterocycles. The molecule has 4 nitrogen and oxygen atoms in total. The van der Waals surface area contributed by atoms with E-state index in [1.54, 1.807) is 30.3 Å². The quantitative estimate of drug-likeness (QED) is 0.790. The van der Waals surface area contributed by atoms with Crippen molar-refractivity contribution in [3.8, 4) is 11.5 Å². The summed E-state index contributed by atoms with van der Waals surface area (Å²) in [6, 6.07) is 23.6. The molecule has 1 N–H and O–H groups in total. The number of rotatable bonds is 3. The first-order chi connectivity index (χ1) is 11.8. The zero-order valence-corrected chi connectivity index (χ0v) is 12.8. The monoisotopic (exact) mass is 317 g/mol. The molecule has 118 valence electrons. The molecular formula is C20H15NO3. The van der Waals surface area contributed by atoms with Gasteiger partial charge in [-0.1, -0.05) is 48.5 Å². The van der Waals surface area contributed by atoms with Crippen molar-refractivity contribution in [1.29, 1.82) is 0 Å². The molecule has 1 unspecified atom stereocenters. The van der Waals surface area contributed by atoms with Crippen LogP contribution in [0.1, 0.15) is 22.1 Å². The molecule has 0 radical (unpaired) electrons. The highest BCUT2D eigenvalue weighted by Gasteiger charge is 2.37. The van der Waals surface area contributed by atoms with Crippen molar-refractivity contribution < 1.29 is 14.6 Å². The molecule has 0 bridgehead atoms. The van der Waals surface area contributed by atoms with Crippen LogP contribution in [0, 0.1) is 0 Å². The zero-order valence-electron chi connectivity index (χ0n) is 12.8. The Kier molecular flexibility index (Phi) is 3.52. The van der Waals surface area contributed by atoms with Gasteiger partial charge in [-0.2, -0.15) is 0 Å². The van der Waals surface area contributed by atoms with Gasteiger partial charge in [-0.15, -0.1) is 0 Å². The van der Waals surface area contributed by atoms with Crippen LogP contribution in [0.5, 0.6) is 11.5 Å². The van der Waals surface area contributed by atoms with E-state index in [0.29, 0.717) is 28.3 Å². The number of aliphatic hydroxyl groups is 1. The first-order valence-electron chi connectivity index (χ1n) is 7.68. The molecule has 1 aliphatic rings. The Bertz CT molecular complexity index is 892. The summed E-state index contributed by atoms with van der Waals surface area (Å²) >= 11 is 0. The van der Waals surface area contributed by atoms with E-state index < -0.39 is 6.23 Å². The smallest absolute Gasteiger partial charge is 0.261 e. The Balaban J connectivity index is 1.75. The maximum atomic E-state index is 12.7. The highest BCUT2D eigenvalue weighted by molar-refractivity contribution is 6.11. The molecule has 3 aromatic rings. The van der Waals surface area contributed by atoms with Gasteiger partial charge in [0.15, 0.2) is 12.0 Å². The molecule has 1 atom stereocenters. The van der Waals surface area contributed by atoms with Crippen LogP contribution in [-0.4, -0.2) is 11.0 Å². The van der Waals surface area contributed by atoms with Crippen LogP contribution >= 0.6 is 0 Å². The predicted molar refractivity (Wildman–Crippen MR) is 91.2 cm³/mol. The van der Waals surface area contributed by atoms with Crippen molar-refractivity contribution in [3.63, 3.8) is 0 Å². The highest BCUT2D eigenvalue weighted by atomic mass is 16.5. The van der Waals surface area contributed by atoms with Gasteiger partial charge < -0.3 is 9.84 Å². The minimum Gasteiger partial charge on any atom is -0.455 e. The Morgan fingerprint density at radius 2 is 1.50 bits per heavy atom. The summed E-state index contributed by atoms with van der Waals surface area (Å²) in [6.45, 7) is 0. The van der Waals surface area contributed by atoms with Crippen LogP contribution in [-0.2, 0) is 0 Å². The number of benzene rings is 3. The van der Waals surface area contributed by atoms with Crippen molar-refractivity contribution in [1.82, 2.24) is 0 Å². The maximum Gasteiger partial charge on any atom is 0.261 e. The number of ether oxygens (including phenoxy) is 1. The third-order valence-corrected chi connectivity index (χ3v) is 4.03. The average molecular weight is 317 g/mol. The zero-order chi connectivity index (χ0) is 16.5. The highest BCUT2D eigenvalue weighted by Crippen LogP contribution is 2.41. The summed E-state index contributed by atoms with van der Waals surface area (Å²) in [5, 5.41) is 10.6. The number of carbonyl (C=O) groups is 1. The topological polar surface area (TPSA) is 49.8 Å². The summed E-state index contributed by atoms with van der Waals surface area (Å²) in [4.78, 5) is 14.1. The molecule has 3 aromatic carbocycles. The predicted octanol–water partition coefficient (Wildman–Crippen LogP) is 4.13. The molecule has 0 aliphatic carbocycles. The minimum atomic E-state index is -1.02. The molecular weight excluding hydrogens is 302 g/mol. The Morgan fingerprint density at radius 3 is 2.29 bits per heavy atom. The van der Waals surface area contributed by atoms with Crippen molar-refractivity contribution >= 4 is 11.6 Å². The summed E-state index contributed by atoms with van der Waals surface area (Å²) < 4.78 is 5.91. The summed E-state index contributed by atoms with van der Waals surface area (Å²) in [7, 11) is 0. The van der Waals surface area contributed by atoms with Crippen molar-refractivity contribution in [2.24, 2.45) is 0 Å². The number of aliphatic hydroxyl groups excluding tert-OH is 1. The number of amides is 1. The molecule has 1 heterocycles. The van der Waals surface area contributed by atoms with Gasteiger partial charge in [-0.05, 0) is 30.3 Å². The van der Waals surface area contributed by atoms with Crippen LogP contribution in [0.2, 0.25) is 0 Å². The fraction of sp³-hybridized carbons (Fsp3) is 0.0500. The number of fused-ring (bicyclic) bond motifs is 1. The SMILES string of the molecule is O=C1c2ccccc2C(O)N1c1ccccc1Oc1ccccc1. The molecule has 0 fully saturated rings. The molecule has 0 saturated carbocycles. The van der Waals surface area contributed by atoms with Gasteiger partial charge in [0, 0.05) is 11.1 Å². The van der Waals surface area contributed by atoms with Gasteiger partial charge in [0.25, 0.3) is 5.91 Å². The molecule has 0 aromatic heterocycles. The van der Waals surface area contributed by atoms with Crippen LogP contribution in [0.25, 0.3) is 0 Å². The van der Waals surface area contributed by atoms with E-state index in [9.17, 15) is 9.90 Å². The molecule has 4 heteroatoms. The maximum absolute atomic E-state index is 12.7. The fourth-order valence-electron chi connectivity index (χ4n) is 2.90. The number of carbonyl (C=O) groups excluding carboxylic acids is 1. The number of anilines is 1. The molecule has 0 spiro atoms. The van der Waals surface area contributed by atoms with Crippen LogP contribution in [0.4, 0.5) is 5.69 Å². The summed E-state index contributed by atoms with van der Waals surface area (Å²) in [5.74, 6) is 0.953. The first kappa shape index (κ1) is 14.5. The van der Waals surface area contributed by atoms with Gasteiger partial charge in [-0.25, -0.2) is 0 Å². The van der Waals surface area contributed by atoms with Crippen LogP contribution < -0.4 is 9.64 Å². The Labute approximate surface area is 139 Å². The lowest BCUT2D eigenvalue weighted by atomic mass is 10.1. The lowest BCUT2D eigenvalue weighted by molar-refractivity contribution is 0.0934. The second-order valence-electron chi connectivity index (χ2n) is 5.52. The van der Waals surface area contributed by atoms with Gasteiger partial charge >= 0.3 is 0 Å². The third kappa shape index (κ3) is 2.33. The van der Waals surface area contributed by atoms with Gasteiger partial charge in [0.2, 0.25) is 0 Å². The molecule has 0 saturated heterocycles. The Hall–Kier alpha value is -3.11. The largest absolute Gasteiger partial charge is 0.455 e. The second kappa shape index (κ2) is 5.83. The van der Waals surface area contributed by atoms with Crippen molar-refractivity contribution in [2.45, 2.75) is 6.23 Å². The van der Waals surface area contributed by atoms with Gasteiger partial charge in [0.1, 0.15) is 5.75 Å². The average Bonchev–Trinajstić information content (AvgIpc) is 2.88. The first-order valence-corrected chi connectivity index (χ1v) is 7.68. The lowest BCUT2D eigenvalue weighted by Gasteiger charge is -2.23. The Morgan fingerprint density at radius 1 is 0.833 bits per heavy atom. The molecule has 1 amide bonds.